The number of benzene rings is 2. The second kappa shape index (κ2) is 10.1. The fourth-order valence-corrected chi connectivity index (χ4v) is 4.74. The maximum absolute atomic E-state index is 12.4. The highest BCUT2D eigenvalue weighted by Gasteiger charge is 2.28. The number of carbonyl (C=O) groups excluding carboxylic acids is 1. The van der Waals surface area contributed by atoms with E-state index in [1.165, 1.54) is 0 Å². The largest absolute Gasteiger partial charge is 0.482 e. The summed E-state index contributed by atoms with van der Waals surface area (Å²) in [5.41, 5.74) is 3.63. The van der Waals surface area contributed by atoms with E-state index in [9.17, 15) is 4.79 Å². The lowest BCUT2D eigenvalue weighted by molar-refractivity contribution is -0.136. The Kier molecular flexibility index (Phi) is 7.07. The van der Waals surface area contributed by atoms with Crippen molar-refractivity contribution in [1.29, 1.82) is 0 Å². The molecule has 36 heavy (non-hydrogen) atoms. The lowest BCUT2D eigenvalue weighted by atomic mass is 9.82. The zero-order chi connectivity index (χ0) is 25.9. The number of para-hydroxylation sites is 1. The van der Waals surface area contributed by atoms with Gasteiger partial charge in [-0.1, -0.05) is 57.2 Å². The van der Waals surface area contributed by atoms with E-state index in [0.29, 0.717) is 11.5 Å². The molecular weight excluding hydrogens is 450 g/mol. The number of hydrogen-bond donors (Lipinski definition) is 1. The lowest BCUT2D eigenvalue weighted by Crippen LogP contribution is -2.36. The zero-order valence-corrected chi connectivity index (χ0v) is 22.0. The summed E-state index contributed by atoms with van der Waals surface area (Å²) in [7, 11) is 0. The first kappa shape index (κ1) is 25.3. The van der Waals surface area contributed by atoms with Gasteiger partial charge in [-0.3, -0.25) is 4.40 Å². The molecule has 2 aromatic heterocycles. The van der Waals surface area contributed by atoms with Gasteiger partial charge in [0.2, 0.25) is 0 Å². The predicted octanol–water partition coefficient (Wildman–Crippen LogP) is 6.92. The number of aromatic nitrogens is 2. The van der Waals surface area contributed by atoms with Crippen LogP contribution in [-0.4, -0.2) is 27.5 Å². The molecule has 0 aliphatic carbocycles. The van der Waals surface area contributed by atoms with Crippen LogP contribution in [-0.2, 0) is 4.79 Å². The van der Waals surface area contributed by atoms with Crippen LogP contribution in [0.5, 0.6) is 11.5 Å². The summed E-state index contributed by atoms with van der Waals surface area (Å²) in [5.74, 6) is 1.52. The molecule has 2 aromatic carbocycles. The third-order valence-corrected chi connectivity index (χ3v) is 5.71. The van der Waals surface area contributed by atoms with Crippen LogP contribution in [0.25, 0.3) is 16.9 Å². The zero-order valence-electron chi connectivity index (χ0n) is 22.0. The van der Waals surface area contributed by atoms with Crippen molar-refractivity contribution in [2.75, 3.05) is 11.9 Å². The van der Waals surface area contributed by atoms with Gasteiger partial charge in [0.25, 0.3) is 0 Å². The molecule has 0 saturated carbocycles. The van der Waals surface area contributed by atoms with Gasteiger partial charge in [-0.2, -0.15) is 0 Å². The number of anilines is 1. The van der Waals surface area contributed by atoms with Gasteiger partial charge in [0.1, 0.15) is 28.7 Å². The molecule has 6 heteroatoms. The van der Waals surface area contributed by atoms with Crippen LogP contribution >= 0.6 is 0 Å². The van der Waals surface area contributed by atoms with Crippen LogP contribution in [0, 0.1) is 12.3 Å². The van der Waals surface area contributed by atoms with Crippen LogP contribution in [0.2, 0.25) is 0 Å². The third kappa shape index (κ3) is 6.25. The Morgan fingerprint density at radius 3 is 2.39 bits per heavy atom. The van der Waals surface area contributed by atoms with Crippen molar-refractivity contribution in [3.05, 3.63) is 78.5 Å². The van der Waals surface area contributed by atoms with Crippen molar-refractivity contribution in [1.82, 2.24) is 9.38 Å². The van der Waals surface area contributed by atoms with E-state index >= 15 is 0 Å². The minimum atomic E-state index is -0.466. The van der Waals surface area contributed by atoms with Crippen molar-refractivity contribution in [2.45, 2.75) is 53.5 Å². The van der Waals surface area contributed by atoms with Crippen molar-refractivity contribution < 1.29 is 14.3 Å². The highest BCUT2D eigenvalue weighted by atomic mass is 16.6. The summed E-state index contributed by atoms with van der Waals surface area (Å²) in [6.07, 6.45) is 3.00. The van der Waals surface area contributed by atoms with E-state index in [1.54, 1.807) is 18.2 Å². The van der Waals surface area contributed by atoms with Gasteiger partial charge in [0.15, 0.2) is 6.61 Å². The summed E-state index contributed by atoms with van der Waals surface area (Å²) in [5, 5.41) is 3.76. The van der Waals surface area contributed by atoms with Crippen LogP contribution in [0.4, 0.5) is 5.82 Å². The number of nitrogens with zero attached hydrogens (tertiary/aromatic N) is 2. The van der Waals surface area contributed by atoms with E-state index in [-0.39, 0.29) is 17.6 Å². The average molecular weight is 486 g/mol. The summed E-state index contributed by atoms with van der Waals surface area (Å²) >= 11 is 0. The number of hydrogen-bond acceptors (Lipinski definition) is 5. The fraction of sp³-hybridized carbons (Fsp3) is 0.333. The number of pyridine rings is 1. The summed E-state index contributed by atoms with van der Waals surface area (Å²) in [6, 6.07) is 20.8. The Morgan fingerprint density at radius 2 is 1.67 bits per heavy atom. The minimum absolute atomic E-state index is 0.156. The monoisotopic (exact) mass is 485 g/mol. The lowest BCUT2D eigenvalue weighted by Gasteiger charge is -2.34. The number of ether oxygens (including phenoxy) is 2. The van der Waals surface area contributed by atoms with E-state index in [2.05, 4.69) is 57.3 Å². The van der Waals surface area contributed by atoms with Crippen molar-refractivity contribution in [3.8, 4) is 22.8 Å². The molecule has 0 unspecified atom stereocenters. The van der Waals surface area contributed by atoms with E-state index in [4.69, 9.17) is 14.5 Å². The molecule has 1 N–H and O–H groups in total. The Bertz CT molecular complexity index is 1350. The molecule has 188 valence electrons. The molecule has 0 atom stereocenters. The van der Waals surface area contributed by atoms with Gasteiger partial charge in [-0.15, -0.1) is 0 Å². The minimum Gasteiger partial charge on any atom is -0.482 e. The molecule has 4 aromatic rings. The molecule has 2 heterocycles. The molecule has 0 radical (unpaired) electrons. The molecule has 0 saturated heterocycles. The fourth-order valence-electron chi connectivity index (χ4n) is 4.74. The topological polar surface area (TPSA) is 64.9 Å². The predicted molar refractivity (Wildman–Crippen MR) is 145 cm³/mol. The van der Waals surface area contributed by atoms with E-state index in [0.717, 1.165) is 34.7 Å². The molecular formula is C30H35N3O3. The average Bonchev–Trinajstić information content (AvgIpc) is 3.16. The van der Waals surface area contributed by atoms with Gasteiger partial charge in [-0.05, 0) is 68.5 Å². The molecule has 6 nitrogen and oxygen atoms in total. The van der Waals surface area contributed by atoms with Crippen LogP contribution in [0.1, 0.15) is 46.6 Å². The summed E-state index contributed by atoms with van der Waals surface area (Å²) in [6.45, 7) is 13.0. The molecule has 4 rings (SSSR count). The van der Waals surface area contributed by atoms with E-state index in [1.807, 2.05) is 48.7 Å². The first-order valence-electron chi connectivity index (χ1n) is 12.3. The number of nitrogens with one attached hydrogen (secondary N) is 1. The SMILES string of the molecule is Cc1cccn2c(NC(C)(C)CC(C)(C)C)c(-c3cccc(OC(=O)COc4ccccc4)c3)nc12. The normalized spacial score (nSPS) is 11.9. The quantitative estimate of drug-likeness (QED) is 0.217. The summed E-state index contributed by atoms with van der Waals surface area (Å²) in [4.78, 5) is 17.4. The molecule has 0 aliphatic heterocycles. The second-order valence-electron chi connectivity index (χ2n) is 11.0. The smallest absolute Gasteiger partial charge is 0.349 e. The Balaban J connectivity index is 1.62. The Labute approximate surface area is 213 Å². The van der Waals surface area contributed by atoms with Crippen LogP contribution in [0.15, 0.2) is 72.9 Å². The molecule has 0 bridgehead atoms. The van der Waals surface area contributed by atoms with Gasteiger partial charge in [0, 0.05) is 17.3 Å². The molecule has 0 amide bonds. The van der Waals surface area contributed by atoms with E-state index < -0.39 is 5.97 Å². The van der Waals surface area contributed by atoms with Gasteiger partial charge >= 0.3 is 5.97 Å². The third-order valence-electron chi connectivity index (χ3n) is 5.71. The standard InChI is InChI=1S/C30H35N3O3/c1-21-12-11-17-33-27(21)31-26(28(33)32-30(5,6)20-29(2,3)4)22-13-10-16-24(18-22)36-25(34)19-35-23-14-8-7-9-15-23/h7-18,32H,19-20H2,1-6H3. The first-order chi connectivity index (χ1) is 17.0. The van der Waals surface area contributed by atoms with Crippen molar-refractivity contribution in [3.63, 3.8) is 0 Å². The number of carbonyl (C=O) groups is 1. The van der Waals surface area contributed by atoms with Gasteiger partial charge in [0.05, 0.1) is 0 Å². The van der Waals surface area contributed by atoms with Crippen molar-refractivity contribution in [2.24, 2.45) is 5.41 Å². The maximum Gasteiger partial charge on any atom is 0.349 e. The number of esters is 1. The molecule has 0 fully saturated rings. The van der Waals surface area contributed by atoms with Gasteiger partial charge in [-0.25, -0.2) is 9.78 Å². The highest BCUT2D eigenvalue weighted by Crippen LogP contribution is 2.36. The Morgan fingerprint density at radius 1 is 0.944 bits per heavy atom. The second-order valence-corrected chi connectivity index (χ2v) is 11.0. The number of aryl methyl sites for hydroxylation is 1. The van der Waals surface area contributed by atoms with Crippen LogP contribution in [0.3, 0.4) is 0 Å². The first-order valence-corrected chi connectivity index (χ1v) is 12.3. The maximum atomic E-state index is 12.4. The molecule has 0 spiro atoms. The number of imidazole rings is 1. The Hall–Kier alpha value is -3.80. The van der Waals surface area contributed by atoms with Gasteiger partial charge < -0.3 is 14.8 Å². The molecule has 0 aliphatic rings. The van der Waals surface area contributed by atoms with Crippen molar-refractivity contribution >= 4 is 17.4 Å². The van der Waals surface area contributed by atoms with Crippen LogP contribution < -0.4 is 14.8 Å². The summed E-state index contributed by atoms with van der Waals surface area (Å²) < 4.78 is 13.2. The number of fused-ring (bicyclic) bond motifs is 1. The highest BCUT2D eigenvalue weighted by molar-refractivity contribution is 5.80. The number of rotatable bonds is 8.